The summed E-state index contributed by atoms with van der Waals surface area (Å²) in [5.41, 5.74) is 0.940. The van der Waals surface area contributed by atoms with Crippen LogP contribution in [0.4, 0.5) is 4.79 Å². The van der Waals surface area contributed by atoms with Crippen LogP contribution in [0.15, 0.2) is 18.2 Å². The molecule has 2 saturated heterocycles. The van der Waals surface area contributed by atoms with Gasteiger partial charge in [0.1, 0.15) is 11.5 Å². The van der Waals surface area contributed by atoms with Crippen LogP contribution in [0.2, 0.25) is 0 Å². The molecule has 2 fully saturated rings. The first-order valence-corrected chi connectivity index (χ1v) is 8.99. The van der Waals surface area contributed by atoms with Crippen LogP contribution in [0.25, 0.3) is 0 Å². The van der Waals surface area contributed by atoms with Crippen LogP contribution in [-0.4, -0.2) is 66.0 Å². The van der Waals surface area contributed by atoms with E-state index >= 15 is 0 Å². The molecule has 0 radical (unpaired) electrons. The number of thioether (sulfide) groups is 1. The number of rotatable bonds is 6. The molecule has 0 saturated carbocycles. The lowest BCUT2D eigenvalue weighted by atomic mass is 10.0. The Morgan fingerprint density at radius 2 is 2.00 bits per heavy atom. The van der Waals surface area contributed by atoms with Crippen molar-refractivity contribution in [3.63, 3.8) is 0 Å². The fraction of sp³-hybridized carbons (Fsp3) is 0.471. The quantitative estimate of drug-likeness (QED) is 0.762. The van der Waals surface area contributed by atoms with Crippen LogP contribution in [0, 0.1) is 0 Å². The summed E-state index contributed by atoms with van der Waals surface area (Å²) < 4.78 is 10.5. The van der Waals surface area contributed by atoms with Crippen LogP contribution in [0.3, 0.4) is 0 Å². The molecule has 0 aliphatic carbocycles. The van der Waals surface area contributed by atoms with Crippen LogP contribution in [-0.2, 0) is 16.0 Å². The molecule has 0 N–H and O–H groups in total. The number of aryl methyl sites for hydroxylation is 1. The highest BCUT2D eigenvalue weighted by molar-refractivity contribution is 8.14. The van der Waals surface area contributed by atoms with Gasteiger partial charge in [-0.1, -0.05) is 17.8 Å². The molecule has 134 valence electrons. The monoisotopic (exact) mass is 364 g/mol. The molecule has 7 nitrogen and oxygen atoms in total. The topological polar surface area (TPSA) is 76.2 Å². The van der Waals surface area contributed by atoms with E-state index in [1.165, 1.54) is 4.90 Å². The third-order valence-electron chi connectivity index (χ3n) is 4.47. The lowest BCUT2D eigenvalue weighted by Crippen LogP contribution is -2.62. The standard InChI is InChI=1S/C17H20N2O5S/c1-23-13-5-3-11(14(7-13)24-2)4-6-15(20)18-8-12(9-18)19-16(21)10-25-17(19)22/h3,5,7,12H,4,6,8-10H2,1-2H3. The van der Waals surface area contributed by atoms with Crippen molar-refractivity contribution in [2.75, 3.05) is 33.1 Å². The Morgan fingerprint density at radius 1 is 1.24 bits per heavy atom. The third kappa shape index (κ3) is 3.58. The van der Waals surface area contributed by atoms with E-state index in [9.17, 15) is 14.4 Å². The van der Waals surface area contributed by atoms with Gasteiger partial charge < -0.3 is 14.4 Å². The highest BCUT2D eigenvalue weighted by atomic mass is 32.2. The Labute approximate surface area is 150 Å². The predicted molar refractivity (Wildman–Crippen MR) is 92.9 cm³/mol. The van der Waals surface area contributed by atoms with Gasteiger partial charge in [-0.2, -0.15) is 0 Å². The summed E-state index contributed by atoms with van der Waals surface area (Å²) in [4.78, 5) is 38.6. The van der Waals surface area contributed by atoms with E-state index in [1.807, 2.05) is 12.1 Å². The minimum atomic E-state index is -0.204. The van der Waals surface area contributed by atoms with Gasteiger partial charge in [-0.15, -0.1) is 0 Å². The molecular weight excluding hydrogens is 344 g/mol. The first-order valence-electron chi connectivity index (χ1n) is 8.01. The van der Waals surface area contributed by atoms with Crippen LogP contribution < -0.4 is 9.47 Å². The summed E-state index contributed by atoms with van der Waals surface area (Å²) in [7, 11) is 3.18. The lowest BCUT2D eigenvalue weighted by Gasteiger charge is -2.42. The van der Waals surface area contributed by atoms with E-state index in [0.717, 1.165) is 17.3 Å². The first-order chi connectivity index (χ1) is 12.0. The highest BCUT2D eigenvalue weighted by Crippen LogP contribution is 2.28. The molecule has 0 bridgehead atoms. The second-order valence-electron chi connectivity index (χ2n) is 5.95. The van der Waals surface area contributed by atoms with Crippen molar-refractivity contribution in [2.45, 2.75) is 18.9 Å². The molecule has 2 aliphatic rings. The Balaban J connectivity index is 1.51. The van der Waals surface area contributed by atoms with Crippen molar-refractivity contribution in [2.24, 2.45) is 0 Å². The molecule has 3 amide bonds. The zero-order valence-corrected chi connectivity index (χ0v) is 15.0. The van der Waals surface area contributed by atoms with Crippen molar-refractivity contribution >= 4 is 28.8 Å². The van der Waals surface area contributed by atoms with Gasteiger partial charge >= 0.3 is 0 Å². The minimum Gasteiger partial charge on any atom is -0.497 e. The van der Waals surface area contributed by atoms with Crippen LogP contribution >= 0.6 is 11.8 Å². The summed E-state index contributed by atoms with van der Waals surface area (Å²) in [5.74, 6) is 1.46. The molecule has 0 aromatic heterocycles. The summed E-state index contributed by atoms with van der Waals surface area (Å²) in [6.07, 6.45) is 0.913. The smallest absolute Gasteiger partial charge is 0.289 e. The fourth-order valence-corrected chi connectivity index (χ4v) is 3.77. The molecule has 2 heterocycles. The van der Waals surface area contributed by atoms with E-state index in [4.69, 9.17) is 9.47 Å². The first kappa shape index (κ1) is 17.6. The maximum atomic E-state index is 12.3. The van der Waals surface area contributed by atoms with E-state index in [0.29, 0.717) is 37.4 Å². The second kappa shape index (κ2) is 7.35. The lowest BCUT2D eigenvalue weighted by molar-refractivity contribution is -0.142. The van der Waals surface area contributed by atoms with Gasteiger partial charge in [0.2, 0.25) is 11.8 Å². The van der Waals surface area contributed by atoms with E-state index in [2.05, 4.69) is 0 Å². The number of benzene rings is 1. The Kier molecular flexibility index (Phi) is 5.17. The third-order valence-corrected chi connectivity index (χ3v) is 5.30. The van der Waals surface area contributed by atoms with Crippen molar-refractivity contribution in [3.05, 3.63) is 23.8 Å². The number of likely N-dealkylation sites (tertiary alicyclic amines) is 1. The highest BCUT2D eigenvalue weighted by Gasteiger charge is 2.43. The van der Waals surface area contributed by atoms with Crippen molar-refractivity contribution in [3.8, 4) is 11.5 Å². The molecule has 3 rings (SSSR count). The number of hydrogen-bond donors (Lipinski definition) is 0. The maximum absolute atomic E-state index is 12.3. The number of carbonyl (C=O) groups excluding carboxylic acids is 3. The summed E-state index contributed by atoms with van der Waals surface area (Å²) >= 11 is 1.03. The van der Waals surface area contributed by atoms with Gasteiger partial charge in [0.25, 0.3) is 5.24 Å². The van der Waals surface area contributed by atoms with Crippen molar-refractivity contribution in [1.29, 1.82) is 0 Å². The maximum Gasteiger partial charge on any atom is 0.289 e. The Hall–Kier alpha value is -2.22. The molecule has 0 atom stereocenters. The zero-order valence-electron chi connectivity index (χ0n) is 14.2. The van der Waals surface area contributed by atoms with E-state index in [1.54, 1.807) is 25.2 Å². The van der Waals surface area contributed by atoms with Gasteiger partial charge in [-0.05, 0) is 18.1 Å². The number of nitrogens with zero attached hydrogens (tertiary/aromatic N) is 2. The molecule has 2 aliphatic heterocycles. The predicted octanol–water partition coefficient (Wildman–Crippen LogP) is 1.54. The van der Waals surface area contributed by atoms with Gasteiger partial charge in [0, 0.05) is 25.6 Å². The van der Waals surface area contributed by atoms with Gasteiger partial charge in [0.05, 0.1) is 26.0 Å². The van der Waals surface area contributed by atoms with Crippen LogP contribution in [0.1, 0.15) is 12.0 Å². The zero-order chi connectivity index (χ0) is 18.0. The normalized spacial score (nSPS) is 17.7. The van der Waals surface area contributed by atoms with Crippen molar-refractivity contribution in [1.82, 2.24) is 9.80 Å². The van der Waals surface area contributed by atoms with Gasteiger partial charge in [0.15, 0.2) is 0 Å². The molecule has 8 heteroatoms. The number of imide groups is 1. The Morgan fingerprint density at radius 3 is 2.60 bits per heavy atom. The number of ether oxygens (including phenoxy) is 2. The second-order valence-corrected chi connectivity index (χ2v) is 6.88. The average molecular weight is 364 g/mol. The molecule has 1 aromatic carbocycles. The fourth-order valence-electron chi connectivity index (χ4n) is 3.00. The summed E-state index contributed by atoms with van der Waals surface area (Å²) in [6.45, 7) is 0.854. The van der Waals surface area contributed by atoms with Crippen LogP contribution in [0.5, 0.6) is 11.5 Å². The minimum absolute atomic E-state index is 0.0147. The number of hydrogen-bond acceptors (Lipinski definition) is 6. The molecule has 1 aromatic rings. The van der Waals surface area contributed by atoms with Gasteiger partial charge in [-0.25, -0.2) is 0 Å². The summed E-state index contributed by atoms with van der Waals surface area (Å²) in [5, 5.41) is -0.204. The number of carbonyl (C=O) groups is 3. The SMILES string of the molecule is COc1ccc(CCC(=O)N2CC(N3C(=O)CSC3=O)C2)c(OC)c1. The van der Waals surface area contributed by atoms with Gasteiger partial charge in [-0.3, -0.25) is 19.3 Å². The molecule has 0 unspecified atom stereocenters. The molecule has 25 heavy (non-hydrogen) atoms. The van der Waals surface area contributed by atoms with E-state index in [-0.39, 0.29) is 28.8 Å². The van der Waals surface area contributed by atoms with E-state index < -0.39 is 0 Å². The molecule has 0 spiro atoms. The summed E-state index contributed by atoms with van der Waals surface area (Å²) in [6, 6.07) is 5.35. The Bertz CT molecular complexity index is 686. The average Bonchev–Trinajstić information content (AvgIpc) is 2.91. The molecular formula is C17H20N2O5S. The number of amides is 3. The number of methoxy groups -OCH3 is 2. The largest absolute Gasteiger partial charge is 0.497 e. The van der Waals surface area contributed by atoms with Crippen molar-refractivity contribution < 1.29 is 23.9 Å².